The highest BCUT2D eigenvalue weighted by molar-refractivity contribution is 7.54. The molecule has 4 aromatic rings. The van der Waals surface area contributed by atoms with E-state index in [-0.39, 0.29) is 5.75 Å². The minimum absolute atomic E-state index is 0.167. The molecule has 1 N–H and O–H groups in total. The summed E-state index contributed by atoms with van der Waals surface area (Å²) in [7, 11) is -1.11. The Labute approximate surface area is 179 Å². The Balaban J connectivity index is 1.87. The molecule has 0 unspecified atom stereocenters. The third-order valence-corrected chi connectivity index (χ3v) is 6.90. The summed E-state index contributed by atoms with van der Waals surface area (Å²) in [6, 6.07) is 22.2. The Kier molecular flexibility index (Phi) is 5.79. The molecule has 31 heavy (non-hydrogen) atoms. The minimum atomic E-state index is -3.55. The standard InChI is InChI=1S/C24H21O6P/c1-28-31(27,29-2)15-22(26)30-21-14-6-10-17-8-4-12-19(24(17)21)18-11-3-7-16-9-5-13-20(25)23(16)18/h3-14,25H,15H2,1-2H3. The van der Waals surface area contributed by atoms with Crippen LogP contribution in [0.15, 0.2) is 72.8 Å². The lowest BCUT2D eigenvalue weighted by atomic mass is 9.93. The summed E-state index contributed by atoms with van der Waals surface area (Å²) < 4.78 is 27.6. The number of rotatable bonds is 6. The molecule has 6 nitrogen and oxygen atoms in total. The molecule has 0 saturated heterocycles. The zero-order valence-electron chi connectivity index (χ0n) is 17.1. The second-order valence-corrected chi connectivity index (χ2v) is 9.22. The maximum absolute atomic E-state index is 12.5. The predicted octanol–water partition coefficient (Wildman–Crippen LogP) is 5.76. The summed E-state index contributed by atoms with van der Waals surface area (Å²) in [6.07, 6.45) is -0.506. The molecule has 7 heteroatoms. The van der Waals surface area contributed by atoms with E-state index in [0.29, 0.717) is 16.5 Å². The number of hydrogen-bond acceptors (Lipinski definition) is 6. The lowest BCUT2D eigenvalue weighted by molar-refractivity contribution is -0.131. The minimum Gasteiger partial charge on any atom is -0.507 e. The second kappa shape index (κ2) is 8.52. The molecule has 0 spiro atoms. The third-order valence-electron chi connectivity index (χ3n) is 5.14. The van der Waals surface area contributed by atoms with Crippen molar-refractivity contribution in [3.05, 3.63) is 72.8 Å². The van der Waals surface area contributed by atoms with Crippen LogP contribution in [0.25, 0.3) is 32.7 Å². The number of carbonyl (C=O) groups excluding carboxylic acids is 1. The molecule has 0 aliphatic carbocycles. The van der Waals surface area contributed by atoms with Crippen LogP contribution >= 0.6 is 7.60 Å². The van der Waals surface area contributed by atoms with Gasteiger partial charge < -0.3 is 18.9 Å². The molecule has 0 atom stereocenters. The maximum atomic E-state index is 12.5. The molecule has 4 rings (SSSR count). The molecule has 0 saturated carbocycles. The monoisotopic (exact) mass is 436 g/mol. The number of hydrogen-bond donors (Lipinski definition) is 1. The van der Waals surface area contributed by atoms with E-state index in [0.717, 1.165) is 21.9 Å². The number of carbonyl (C=O) groups is 1. The fourth-order valence-corrected chi connectivity index (χ4v) is 4.47. The van der Waals surface area contributed by atoms with Gasteiger partial charge >= 0.3 is 13.6 Å². The number of fused-ring (bicyclic) bond motifs is 2. The van der Waals surface area contributed by atoms with Crippen LogP contribution in [-0.4, -0.2) is 31.5 Å². The normalized spacial score (nSPS) is 11.7. The van der Waals surface area contributed by atoms with Crippen LogP contribution in [0.1, 0.15) is 0 Å². The summed E-state index contributed by atoms with van der Waals surface area (Å²) in [6.45, 7) is 0. The fourth-order valence-electron chi connectivity index (χ4n) is 3.68. The summed E-state index contributed by atoms with van der Waals surface area (Å²) in [5, 5.41) is 13.7. The van der Waals surface area contributed by atoms with Crippen LogP contribution in [0.3, 0.4) is 0 Å². The van der Waals surface area contributed by atoms with Crippen LogP contribution in [-0.2, 0) is 18.4 Å². The fraction of sp³-hybridized carbons (Fsp3) is 0.125. The van der Waals surface area contributed by atoms with Gasteiger partial charge in [-0.1, -0.05) is 60.7 Å². The summed E-state index contributed by atoms with van der Waals surface area (Å²) in [5.41, 5.74) is 1.61. The van der Waals surface area contributed by atoms with Gasteiger partial charge in [-0.15, -0.1) is 0 Å². The maximum Gasteiger partial charge on any atom is 0.341 e. The molecule has 4 aromatic carbocycles. The van der Waals surface area contributed by atoms with Gasteiger partial charge in [0.2, 0.25) is 0 Å². The highest BCUT2D eigenvalue weighted by Crippen LogP contribution is 2.46. The zero-order chi connectivity index (χ0) is 22.0. The summed E-state index contributed by atoms with van der Waals surface area (Å²) in [4.78, 5) is 12.5. The number of ether oxygens (including phenoxy) is 1. The van der Waals surface area contributed by atoms with Crippen molar-refractivity contribution in [1.82, 2.24) is 0 Å². The molecular formula is C24H21O6P. The van der Waals surface area contributed by atoms with Gasteiger partial charge in [0.25, 0.3) is 0 Å². The van der Waals surface area contributed by atoms with Crippen LogP contribution in [0.2, 0.25) is 0 Å². The Bertz CT molecular complexity index is 1310. The number of aromatic hydroxyl groups is 1. The molecule has 0 aliphatic heterocycles. The number of phenols is 1. The second-order valence-electron chi connectivity index (χ2n) is 6.95. The van der Waals surface area contributed by atoms with Crippen molar-refractivity contribution in [3.63, 3.8) is 0 Å². The van der Waals surface area contributed by atoms with Gasteiger partial charge in [0.05, 0.1) is 0 Å². The molecular weight excluding hydrogens is 415 g/mol. The van der Waals surface area contributed by atoms with Crippen LogP contribution in [0, 0.1) is 0 Å². The number of esters is 1. The van der Waals surface area contributed by atoms with E-state index in [1.54, 1.807) is 24.3 Å². The van der Waals surface area contributed by atoms with Gasteiger partial charge in [0, 0.05) is 25.0 Å². The van der Waals surface area contributed by atoms with Gasteiger partial charge in [-0.05, 0) is 34.0 Å². The van der Waals surface area contributed by atoms with E-state index >= 15 is 0 Å². The Hall–Kier alpha value is -3.18. The average molecular weight is 436 g/mol. The first-order chi connectivity index (χ1) is 15.0. The van der Waals surface area contributed by atoms with Gasteiger partial charge in [0.1, 0.15) is 17.7 Å². The van der Waals surface area contributed by atoms with Crippen molar-refractivity contribution in [3.8, 4) is 22.6 Å². The highest BCUT2D eigenvalue weighted by Gasteiger charge is 2.27. The SMILES string of the molecule is COP(=O)(CC(=O)Oc1cccc2cccc(-c3cccc4cccc(O)c34)c12)OC. The lowest BCUT2D eigenvalue weighted by Crippen LogP contribution is -2.15. The van der Waals surface area contributed by atoms with Crippen molar-refractivity contribution in [1.29, 1.82) is 0 Å². The van der Waals surface area contributed by atoms with E-state index in [4.69, 9.17) is 13.8 Å². The van der Waals surface area contributed by atoms with E-state index in [9.17, 15) is 14.5 Å². The first kappa shape index (κ1) is 21.1. The quantitative estimate of drug-likeness (QED) is 0.235. The van der Waals surface area contributed by atoms with E-state index in [2.05, 4.69) is 0 Å². The van der Waals surface area contributed by atoms with E-state index in [1.165, 1.54) is 14.2 Å². The van der Waals surface area contributed by atoms with Crippen molar-refractivity contribution >= 4 is 35.1 Å². The zero-order valence-corrected chi connectivity index (χ0v) is 18.0. The molecule has 0 aromatic heterocycles. The van der Waals surface area contributed by atoms with Crippen molar-refractivity contribution in [2.24, 2.45) is 0 Å². The van der Waals surface area contributed by atoms with Crippen molar-refractivity contribution in [2.75, 3.05) is 20.4 Å². The molecule has 0 radical (unpaired) electrons. The average Bonchev–Trinajstić information content (AvgIpc) is 2.78. The number of benzene rings is 4. The molecule has 158 valence electrons. The first-order valence-electron chi connectivity index (χ1n) is 9.60. The molecule has 0 aliphatic rings. The van der Waals surface area contributed by atoms with Crippen molar-refractivity contribution < 1.29 is 28.3 Å². The van der Waals surface area contributed by atoms with E-state index in [1.807, 2.05) is 48.5 Å². The molecule has 0 bridgehead atoms. The third kappa shape index (κ3) is 4.06. The lowest BCUT2D eigenvalue weighted by Gasteiger charge is -2.16. The van der Waals surface area contributed by atoms with Crippen molar-refractivity contribution in [2.45, 2.75) is 0 Å². The van der Waals surface area contributed by atoms with Crippen LogP contribution < -0.4 is 4.74 Å². The Morgan fingerprint density at radius 3 is 1.94 bits per heavy atom. The summed E-state index contributed by atoms with van der Waals surface area (Å²) >= 11 is 0. The van der Waals surface area contributed by atoms with Crippen LogP contribution in [0.5, 0.6) is 11.5 Å². The smallest absolute Gasteiger partial charge is 0.341 e. The topological polar surface area (TPSA) is 82.1 Å². The largest absolute Gasteiger partial charge is 0.507 e. The number of phenolic OH excluding ortho intramolecular Hbond substituents is 1. The van der Waals surface area contributed by atoms with E-state index < -0.39 is 19.7 Å². The first-order valence-corrected chi connectivity index (χ1v) is 11.3. The van der Waals surface area contributed by atoms with Gasteiger partial charge in [0.15, 0.2) is 0 Å². The highest BCUT2D eigenvalue weighted by atomic mass is 31.2. The van der Waals surface area contributed by atoms with Gasteiger partial charge in [-0.3, -0.25) is 9.36 Å². The Morgan fingerprint density at radius 2 is 1.32 bits per heavy atom. The predicted molar refractivity (Wildman–Crippen MR) is 121 cm³/mol. The molecule has 0 amide bonds. The molecule has 0 heterocycles. The molecule has 0 fully saturated rings. The van der Waals surface area contributed by atoms with Crippen LogP contribution in [0.4, 0.5) is 0 Å². The summed E-state index contributed by atoms with van der Waals surface area (Å²) in [5.74, 6) is -0.236. The van der Waals surface area contributed by atoms with Gasteiger partial charge in [-0.25, -0.2) is 0 Å². The Morgan fingerprint density at radius 1 is 0.806 bits per heavy atom. The van der Waals surface area contributed by atoms with Gasteiger partial charge in [-0.2, -0.15) is 0 Å².